The van der Waals surface area contributed by atoms with Crippen LogP contribution in [0.4, 0.5) is 5.69 Å². The van der Waals surface area contributed by atoms with Crippen molar-refractivity contribution in [3.8, 4) is 0 Å². The molecule has 1 amide bonds. The third kappa shape index (κ3) is 2.39. The quantitative estimate of drug-likeness (QED) is 0.749. The third-order valence-electron chi connectivity index (χ3n) is 3.51. The van der Waals surface area contributed by atoms with Gasteiger partial charge in [-0.15, -0.1) is 11.6 Å². The number of aryl methyl sites for hydroxylation is 2. The van der Waals surface area contributed by atoms with Crippen molar-refractivity contribution in [3.63, 3.8) is 0 Å². The summed E-state index contributed by atoms with van der Waals surface area (Å²) in [7, 11) is 0. The highest BCUT2D eigenvalue weighted by Gasteiger charge is 2.33. The molecule has 0 unspecified atom stereocenters. The normalized spacial score (nSPS) is 15.4. The fourth-order valence-corrected chi connectivity index (χ4v) is 2.47. The van der Waals surface area contributed by atoms with Crippen molar-refractivity contribution in [2.24, 2.45) is 5.41 Å². The molecule has 0 fully saturated rings. The maximum atomic E-state index is 12.5. The Bertz CT molecular complexity index is 468. The predicted octanol–water partition coefficient (Wildman–Crippen LogP) is 3.54. The largest absolute Gasteiger partial charge is 0.312 e. The Hall–Kier alpha value is -1.02. The molecule has 0 N–H and O–H groups in total. The summed E-state index contributed by atoms with van der Waals surface area (Å²) >= 11 is 5.91. The summed E-state index contributed by atoms with van der Waals surface area (Å²) in [6, 6.07) is 6.31. The van der Waals surface area contributed by atoms with E-state index in [0.717, 1.165) is 25.1 Å². The number of fused-ring (bicyclic) bond motifs is 1. The molecule has 1 aromatic rings. The topological polar surface area (TPSA) is 20.3 Å². The average molecular weight is 266 g/mol. The van der Waals surface area contributed by atoms with E-state index >= 15 is 0 Å². The Kier molecular flexibility index (Phi) is 3.67. The highest BCUT2D eigenvalue weighted by molar-refractivity contribution is 6.20. The van der Waals surface area contributed by atoms with Crippen LogP contribution in [0.25, 0.3) is 0 Å². The number of anilines is 1. The number of rotatable bonds is 2. The molecule has 0 spiro atoms. The monoisotopic (exact) mass is 265 g/mol. The number of alkyl halides is 1. The maximum absolute atomic E-state index is 12.5. The first-order valence-corrected chi connectivity index (χ1v) is 6.96. The highest BCUT2D eigenvalue weighted by atomic mass is 35.5. The third-order valence-corrected chi connectivity index (χ3v) is 4.18. The minimum absolute atomic E-state index is 0.127. The zero-order chi connectivity index (χ0) is 13.3. The molecule has 98 valence electrons. The summed E-state index contributed by atoms with van der Waals surface area (Å²) in [6.45, 7) is 6.70. The lowest BCUT2D eigenvalue weighted by molar-refractivity contribution is -0.125. The lowest BCUT2D eigenvalue weighted by atomic mass is 9.91. The van der Waals surface area contributed by atoms with Crippen LogP contribution < -0.4 is 4.90 Å². The van der Waals surface area contributed by atoms with E-state index in [0.29, 0.717) is 5.88 Å². The summed E-state index contributed by atoms with van der Waals surface area (Å²) in [6.07, 6.45) is 2.09. The van der Waals surface area contributed by atoms with Gasteiger partial charge in [-0.3, -0.25) is 4.79 Å². The van der Waals surface area contributed by atoms with Gasteiger partial charge in [-0.05, 0) is 45.2 Å². The van der Waals surface area contributed by atoms with Crippen LogP contribution in [0.3, 0.4) is 0 Å². The second-order valence-electron chi connectivity index (χ2n) is 5.71. The molecule has 0 bridgehead atoms. The van der Waals surface area contributed by atoms with Crippen molar-refractivity contribution < 1.29 is 4.79 Å². The van der Waals surface area contributed by atoms with Gasteiger partial charge in [-0.1, -0.05) is 17.7 Å². The fraction of sp³-hybridized carbons (Fsp3) is 0.533. The first-order valence-electron chi connectivity index (χ1n) is 6.43. The lowest BCUT2D eigenvalue weighted by Crippen LogP contribution is -2.44. The number of carbonyl (C=O) groups excluding carboxylic acids is 1. The van der Waals surface area contributed by atoms with Crippen LogP contribution >= 0.6 is 11.6 Å². The van der Waals surface area contributed by atoms with E-state index in [1.165, 1.54) is 11.1 Å². The molecular formula is C15H20ClNO. The summed E-state index contributed by atoms with van der Waals surface area (Å²) < 4.78 is 0. The summed E-state index contributed by atoms with van der Waals surface area (Å²) in [5.41, 5.74) is 3.09. The molecule has 1 aliphatic rings. The highest BCUT2D eigenvalue weighted by Crippen LogP contribution is 2.32. The van der Waals surface area contributed by atoms with Crippen LogP contribution in [0, 0.1) is 12.3 Å². The number of halogens is 1. The van der Waals surface area contributed by atoms with E-state index in [4.69, 9.17) is 11.6 Å². The summed E-state index contributed by atoms with van der Waals surface area (Å²) in [5, 5.41) is 0. The van der Waals surface area contributed by atoms with Gasteiger partial charge in [0.15, 0.2) is 0 Å². The van der Waals surface area contributed by atoms with Gasteiger partial charge in [0.25, 0.3) is 0 Å². The predicted molar refractivity (Wildman–Crippen MR) is 76.4 cm³/mol. The summed E-state index contributed by atoms with van der Waals surface area (Å²) in [4.78, 5) is 14.4. The fourth-order valence-electron chi connectivity index (χ4n) is 2.36. The van der Waals surface area contributed by atoms with E-state index in [9.17, 15) is 4.79 Å². The average Bonchev–Trinajstić information content (AvgIpc) is 2.36. The van der Waals surface area contributed by atoms with Crippen molar-refractivity contribution in [2.45, 2.75) is 33.6 Å². The van der Waals surface area contributed by atoms with Gasteiger partial charge in [-0.25, -0.2) is 0 Å². The molecule has 18 heavy (non-hydrogen) atoms. The zero-order valence-corrected chi connectivity index (χ0v) is 12.0. The van der Waals surface area contributed by atoms with E-state index < -0.39 is 5.41 Å². The Labute approximate surface area is 114 Å². The van der Waals surface area contributed by atoms with E-state index in [-0.39, 0.29) is 5.91 Å². The molecule has 0 radical (unpaired) electrons. The molecule has 0 atom stereocenters. The van der Waals surface area contributed by atoms with Gasteiger partial charge in [0, 0.05) is 18.1 Å². The molecule has 0 aliphatic carbocycles. The van der Waals surface area contributed by atoms with Crippen molar-refractivity contribution in [3.05, 3.63) is 29.3 Å². The van der Waals surface area contributed by atoms with Crippen LogP contribution in [0.2, 0.25) is 0 Å². The number of hydrogen-bond acceptors (Lipinski definition) is 1. The minimum atomic E-state index is -0.499. The van der Waals surface area contributed by atoms with Crippen molar-refractivity contribution in [1.82, 2.24) is 0 Å². The number of hydrogen-bond donors (Lipinski definition) is 0. The molecule has 1 aromatic carbocycles. The molecule has 1 aliphatic heterocycles. The molecule has 2 nitrogen and oxygen atoms in total. The molecule has 3 heteroatoms. The van der Waals surface area contributed by atoms with Gasteiger partial charge in [0.1, 0.15) is 0 Å². The Morgan fingerprint density at radius 1 is 1.44 bits per heavy atom. The molecule has 0 saturated carbocycles. The van der Waals surface area contributed by atoms with Crippen molar-refractivity contribution in [1.29, 1.82) is 0 Å². The van der Waals surface area contributed by atoms with E-state index in [2.05, 4.69) is 25.1 Å². The van der Waals surface area contributed by atoms with E-state index in [1.807, 2.05) is 18.7 Å². The van der Waals surface area contributed by atoms with Crippen LogP contribution in [-0.4, -0.2) is 18.3 Å². The Morgan fingerprint density at radius 3 is 2.83 bits per heavy atom. The molecular weight excluding hydrogens is 246 g/mol. The smallest absolute Gasteiger partial charge is 0.233 e. The molecule has 2 rings (SSSR count). The first kappa shape index (κ1) is 13.4. The van der Waals surface area contributed by atoms with Crippen molar-refractivity contribution >= 4 is 23.2 Å². The number of benzene rings is 1. The molecule has 1 heterocycles. The molecule has 0 saturated heterocycles. The second-order valence-corrected chi connectivity index (χ2v) is 5.98. The SMILES string of the molecule is Cc1ccc2c(c1)CCCN2C(=O)C(C)(C)CCl. The van der Waals surface area contributed by atoms with Crippen LogP contribution in [0.1, 0.15) is 31.4 Å². The number of carbonyl (C=O) groups is 1. The zero-order valence-electron chi connectivity index (χ0n) is 11.3. The van der Waals surface area contributed by atoms with Crippen LogP contribution in [-0.2, 0) is 11.2 Å². The summed E-state index contributed by atoms with van der Waals surface area (Å²) in [5.74, 6) is 0.478. The molecule has 0 aromatic heterocycles. The number of amides is 1. The Balaban J connectivity index is 2.36. The van der Waals surface area contributed by atoms with Crippen LogP contribution in [0.5, 0.6) is 0 Å². The van der Waals surface area contributed by atoms with Gasteiger partial charge >= 0.3 is 0 Å². The maximum Gasteiger partial charge on any atom is 0.233 e. The minimum Gasteiger partial charge on any atom is -0.312 e. The van der Waals surface area contributed by atoms with Gasteiger partial charge in [0.2, 0.25) is 5.91 Å². The lowest BCUT2D eigenvalue weighted by Gasteiger charge is -2.35. The van der Waals surface area contributed by atoms with Gasteiger partial charge in [0.05, 0.1) is 5.41 Å². The van der Waals surface area contributed by atoms with Crippen molar-refractivity contribution in [2.75, 3.05) is 17.3 Å². The van der Waals surface area contributed by atoms with Gasteiger partial charge < -0.3 is 4.90 Å². The standard InChI is InChI=1S/C15H20ClNO/c1-11-6-7-13-12(9-11)5-4-8-17(13)14(18)15(2,3)10-16/h6-7,9H,4-5,8,10H2,1-3H3. The Morgan fingerprint density at radius 2 is 2.17 bits per heavy atom. The first-order chi connectivity index (χ1) is 8.45. The van der Waals surface area contributed by atoms with E-state index in [1.54, 1.807) is 0 Å². The van der Waals surface area contributed by atoms with Crippen LogP contribution in [0.15, 0.2) is 18.2 Å². The second kappa shape index (κ2) is 4.93. The number of nitrogens with zero attached hydrogens (tertiary/aromatic N) is 1. The van der Waals surface area contributed by atoms with Gasteiger partial charge in [-0.2, -0.15) is 0 Å².